The zero-order valence-electron chi connectivity index (χ0n) is 16.4. The number of carbonyl (C=O) groups is 1. The van der Waals surface area contributed by atoms with Gasteiger partial charge in [0.15, 0.2) is 5.65 Å². The van der Waals surface area contributed by atoms with Crippen LogP contribution in [0.4, 0.5) is 20.4 Å². The molecule has 0 spiro atoms. The Morgan fingerprint density at radius 3 is 2.84 bits per heavy atom. The summed E-state index contributed by atoms with van der Waals surface area (Å²) in [5, 5.41) is 11.9. The third kappa shape index (κ3) is 4.27. The summed E-state index contributed by atoms with van der Waals surface area (Å²) in [6.07, 6.45) is 2.01. The van der Waals surface area contributed by atoms with E-state index in [0.717, 1.165) is 4.68 Å². The van der Waals surface area contributed by atoms with Gasteiger partial charge in [-0.15, -0.1) is 5.10 Å². The standard InChI is InChI=1S/C19H18F2N8O2/c1-31-18-14(9-28(27-18)10-15(20)21)25-19-23-6-12-7-24-29(17(12)26-19)8-11-4-2-3-5-13(11)16(22)30/h2-7,9,15H,8,10H2,1H3,(H2,22,30)(H,23,25,26). The second-order valence-electron chi connectivity index (χ2n) is 6.59. The third-order valence-corrected chi connectivity index (χ3v) is 4.47. The van der Waals surface area contributed by atoms with E-state index in [1.54, 1.807) is 41.3 Å². The molecule has 0 fully saturated rings. The minimum Gasteiger partial charge on any atom is -0.478 e. The molecule has 0 saturated carbocycles. The van der Waals surface area contributed by atoms with Gasteiger partial charge in [-0.1, -0.05) is 18.2 Å². The number of fused-ring (bicyclic) bond motifs is 1. The number of anilines is 2. The number of aromatic nitrogens is 6. The van der Waals surface area contributed by atoms with E-state index in [2.05, 4.69) is 25.5 Å². The highest BCUT2D eigenvalue weighted by Gasteiger charge is 2.15. The number of rotatable bonds is 8. The third-order valence-electron chi connectivity index (χ3n) is 4.47. The van der Waals surface area contributed by atoms with Crippen LogP contribution in [0, 0.1) is 0 Å². The summed E-state index contributed by atoms with van der Waals surface area (Å²) in [6, 6.07) is 6.97. The molecule has 0 aliphatic rings. The van der Waals surface area contributed by atoms with Gasteiger partial charge in [-0.25, -0.2) is 18.4 Å². The Labute approximate surface area is 174 Å². The molecule has 0 aliphatic carbocycles. The molecule has 0 saturated heterocycles. The van der Waals surface area contributed by atoms with Gasteiger partial charge in [0.05, 0.1) is 31.4 Å². The van der Waals surface area contributed by atoms with Crippen LogP contribution >= 0.6 is 0 Å². The molecule has 3 aromatic heterocycles. The van der Waals surface area contributed by atoms with Crippen LogP contribution in [0.25, 0.3) is 11.0 Å². The largest absolute Gasteiger partial charge is 0.478 e. The molecule has 0 atom stereocenters. The van der Waals surface area contributed by atoms with Gasteiger partial charge in [-0.2, -0.15) is 10.1 Å². The first-order valence-corrected chi connectivity index (χ1v) is 9.17. The molecule has 3 N–H and O–H groups in total. The summed E-state index contributed by atoms with van der Waals surface area (Å²) in [6.45, 7) is -0.293. The number of ether oxygens (including phenoxy) is 1. The van der Waals surface area contributed by atoms with E-state index in [0.29, 0.717) is 27.8 Å². The predicted octanol–water partition coefficient (Wildman–Crippen LogP) is 2.19. The van der Waals surface area contributed by atoms with Crippen LogP contribution in [0.3, 0.4) is 0 Å². The molecular weight excluding hydrogens is 410 g/mol. The summed E-state index contributed by atoms with van der Waals surface area (Å²) < 4.78 is 33.1. The normalized spacial score (nSPS) is 11.2. The SMILES string of the molecule is COc1nn(CC(F)F)cc1Nc1ncc2cnn(Cc3ccccc3C(N)=O)c2n1. The summed E-state index contributed by atoms with van der Waals surface area (Å²) in [5.74, 6) is -0.197. The summed E-state index contributed by atoms with van der Waals surface area (Å²) in [4.78, 5) is 20.4. The van der Waals surface area contributed by atoms with Gasteiger partial charge in [0.2, 0.25) is 11.9 Å². The van der Waals surface area contributed by atoms with E-state index in [1.165, 1.54) is 13.3 Å². The Kier molecular flexibility index (Phi) is 5.43. The number of halogens is 2. The quantitative estimate of drug-likeness (QED) is 0.441. The van der Waals surface area contributed by atoms with Crippen molar-refractivity contribution in [3.05, 3.63) is 54.0 Å². The Balaban J connectivity index is 1.64. The maximum atomic E-state index is 12.6. The predicted molar refractivity (Wildman–Crippen MR) is 107 cm³/mol. The fraction of sp³-hybridized carbons (Fsp3) is 0.211. The molecule has 10 nitrogen and oxygen atoms in total. The average molecular weight is 428 g/mol. The smallest absolute Gasteiger partial charge is 0.257 e. The summed E-state index contributed by atoms with van der Waals surface area (Å²) in [5.41, 5.74) is 7.40. The number of hydrogen-bond acceptors (Lipinski definition) is 7. The number of primary amides is 1. The Hall–Kier alpha value is -4.09. The lowest BCUT2D eigenvalue weighted by Gasteiger charge is -2.08. The molecule has 0 bridgehead atoms. The molecule has 0 radical (unpaired) electrons. The maximum absolute atomic E-state index is 12.6. The lowest BCUT2D eigenvalue weighted by Crippen LogP contribution is -2.15. The minimum atomic E-state index is -2.55. The fourth-order valence-corrected chi connectivity index (χ4v) is 3.10. The van der Waals surface area contributed by atoms with Crippen LogP contribution in [0.1, 0.15) is 15.9 Å². The van der Waals surface area contributed by atoms with Crippen molar-refractivity contribution >= 4 is 28.6 Å². The van der Waals surface area contributed by atoms with Crippen LogP contribution < -0.4 is 15.8 Å². The van der Waals surface area contributed by atoms with Gasteiger partial charge in [0.1, 0.15) is 12.2 Å². The topological polar surface area (TPSA) is 126 Å². The van der Waals surface area contributed by atoms with E-state index >= 15 is 0 Å². The highest BCUT2D eigenvalue weighted by Crippen LogP contribution is 2.25. The van der Waals surface area contributed by atoms with E-state index in [-0.39, 0.29) is 18.4 Å². The number of alkyl halides is 2. The molecule has 4 rings (SSSR count). The lowest BCUT2D eigenvalue weighted by molar-refractivity contribution is 0.0999. The first-order valence-electron chi connectivity index (χ1n) is 9.17. The summed E-state index contributed by atoms with van der Waals surface area (Å²) >= 11 is 0. The number of amides is 1. The van der Waals surface area contributed by atoms with Gasteiger partial charge >= 0.3 is 0 Å². The number of benzene rings is 1. The van der Waals surface area contributed by atoms with Crippen molar-refractivity contribution < 1.29 is 18.3 Å². The van der Waals surface area contributed by atoms with Crippen molar-refractivity contribution in [2.75, 3.05) is 12.4 Å². The zero-order chi connectivity index (χ0) is 22.0. The van der Waals surface area contributed by atoms with E-state index < -0.39 is 18.9 Å². The van der Waals surface area contributed by atoms with Crippen LogP contribution in [-0.4, -0.2) is 49.0 Å². The molecule has 4 aromatic rings. The molecule has 0 aliphatic heterocycles. The number of carbonyl (C=O) groups excluding carboxylic acids is 1. The molecular formula is C19H18F2N8O2. The maximum Gasteiger partial charge on any atom is 0.257 e. The van der Waals surface area contributed by atoms with E-state index in [9.17, 15) is 13.6 Å². The van der Waals surface area contributed by atoms with Gasteiger partial charge in [0, 0.05) is 11.8 Å². The number of nitrogens with one attached hydrogen (secondary N) is 1. The second-order valence-corrected chi connectivity index (χ2v) is 6.59. The highest BCUT2D eigenvalue weighted by molar-refractivity contribution is 5.94. The number of nitrogens with zero attached hydrogens (tertiary/aromatic N) is 6. The molecule has 160 valence electrons. The van der Waals surface area contributed by atoms with Crippen LogP contribution in [0.15, 0.2) is 42.9 Å². The van der Waals surface area contributed by atoms with Gasteiger partial charge in [-0.05, 0) is 11.6 Å². The Morgan fingerprint density at radius 1 is 1.29 bits per heavy atom. The molecule has 1 aromatic carbocycles. The first-order chi connectivity index (χ1) is 14.9. The zero-order valence-corrected chi connectivity index (χ0v) is 16.4. The molecule has 31 heavy (non-hydrogen) atoms. The number of nitrogens with two attached hydrogens (primary N) is 1. The number of methoxy groups -OCH3 is 1. The summed E-state index contributed by atoms with van der Waals surface area (Å²) in [7, 11) is 1.38. The van der Waals surface area contributed by atoms with Crippen LogP contribution in [0.2, 0.25) is 0 Å². The van der Waals surface area contributed by atoms with Crippen molar-refractivity contribution in [3.63, 3.8) is 0 Å². The van der Waals surface area contributed by atoms with Crippen LogP contribution in [0.5, 0.6) is 5.88 Å². The van der Waals surface area contributed by atoms with Gasteiger partial charge in [0.25, 0.3) is 12.3 Å². The fourth-order valence-electron chi connectivity index (χ4n) is 3.10. The van der Waals surface area contributed by atoms with Gasteiger partial charge in [-0.3, -0.25) is 9.48 Å². The Bertz CT molecular complexity index is 1240. The first kappa shape index (κ1) is 20.2. The number of hydrogen-bond donors (Lipinski definition) is 2. The Morgan fingerprint density at radius 2 is 2.10 bits per heavy atom. The van der Waals surface area contributed by atoms with E-state index in [4.69, 9.17) is 10.5 Å². The lowest BCUT2D eigenvalue weighted by atomic mass is 10.1. The van der Waals surface area contributed by atoms with Crippen molar-refractivity contribution in [1.82, 2.24) is 29.5 Å². The second kappa shape index (κ2) is 8.34. The van der Waals surface area contributed by atoms with Crippen LogP contribution in [-0.2, 0) is 13.1 Å². The monoisotopic (exact) mass is 428 g/mol. The van der Waals surface area contributed by atoms with Crippen molar-refractivity contribution in [1.29, 1.82) is 0 Å². The molecule has 1 amide bonds. The molecule has 12 heteroatoms. The van der Waals surface area contributed by atoms with Crippen molar-refractivity contribution in [2.24, 2.45) is 5.73 Å². The van der Waals surface area contributed by atoms with Crippen molar-refractivity contribution in [3.8, 4) is 5.88 Å². The average Bonchev–Trinajstić information content (AvgIpc) is 3.31. The highest BCUT2D eigenvalue weighted by atomic mass is 19.3. The molecule has 0 unspecified atom stereocenters. The molecule has 3 heterocycles. The van der Waals surface area contributed by atoms with Crippen molar-refractivity contribution in [2.45, 2.75) is 19.5 Å². The minimum absolute atomic E-state index is 0.133. The van der Waals surface area contributed by atoms with Gasteiger partial charge < -0.3 is 15.8 Å². The van der Waals surface area contributed by atoms with E-state index in [1.807, 2.05) is 0 Å².